The fraction of sp³-hybridized carbons (Fsp3) is 0.444. The Balaban J connectivity index is 2.18. The molecule has 8 heteroatoms. The van der Waals surface area contributed by atoms with Gasteiger partial charge in [0.15, 0.2) is 0 Å². The van der Waals surface area contributed by atoms with Gasteiger partial charge in [0.25, 0.3) is 0 Å². The maximum Gasteiger partial charge on any atom is 0.423 e. The molecule has 0 unspecified atom stereocenters. The second kappa shape index (κ2) is 9.07. The van der Waals surface area contributed by atoms with Crippen LogP contribution in [0.5, 0.6) is 5.88 Å². The van der Waals surface area contributed by atoms with Gasteiger partial charge in [0.05, 0.1) is 6.61 Å². The van der Waals surface area contributed by atoms with Crippen LogP contribution in [0.2, 0.25) is 5.02 Å². The number of ether oxygens (including phenoxy) is 1. The first kappa shape index (κ1) is 20.3. The Morgan fingerprint density at radius 3 is 2.62 bits per heavy atom. The molecule has 2 rings (SSSR count). The highest BCUT2D eigenvalue weighted by atomic mass is 35.5. The van der Waals surface area contributed by atoms with Crippen molar-refractivity contribution in [3.63, 3.8) is 0 Å². The third-order valence-corrected chi connectivity index (χ3v) is 3.97. The number of nitrogens with one attached hydrogen (secondary N) is 1. The lowest BCUT2D eigenvalue weighted by molar-refractivity contribution is -0.139. The van der Waals surface area contributed by atoms with Crippen molar-refractivity contribution >= 4 is 23.2 Å². The van der Waals surface area contributed by atoms with Gasteiger partial charge in [-0.3, -0.25) is 0 Å². The average Bonchev–Trinajstić information content (AvgIpc) is 2.56. The molecule has 0 atom stereocenters. The summed E-state index contributed by atoms with van der Waals surface area (Å²) >= 11 is 5.91. The molecule has 0 saturated carbocycles. The lowest BCUT2D eigenvalue weighted by Gasteiger charge is -2.14. The molecule has 0 aliphatic heterocycles. The summed E-state index contributed by atoms with van der Waals surface area (Å²) in [6.45, 7) is 4.06. The van der Waals surface area contributed by atoms with Gasteiger partial charge in [-0.2, -0.15) is 18.2 Å². The van der Waals surface area contributed by atoms with Crippen LogP contribution < -0.4 is 10.1 Å². The fourth-order valence-corrected chi connectivity index (χ4v) is 2.54. The highest BCUT2D eigenvalue weighted by Crippen LogP contribution is 2.35. The van der Waals surface area contributed by atoms with Gasteiger partial charge >= 0.3 is 6.18 Å². The molecule has 1 heterocycles. The lowest BCUT2D eigenvalue weighted by Crippen LogP contribution is -2.13. The lowest BCUT2D eigenvalue weighted by atomic mass is 10.2. The summed E-state index contributed by atoms with van der Waals surface area (Å²) in [5.74, 6) is -0.426. The molecule has 0 spiro atoms. The highest BCUT2D eigenvalue weighted by molar-refractivity contribution is 6.30. The first-order chi connectivity index (χ1) is 12.3. The van der Waals surface area contributed by atoms with E-state index in [9.17, 15) is 13.2 Å². The summed E-state index contributed by atoms with van der Waals surface area (Å²) in [5, 5.41) is 3.47. The Labute approximate surface area is 155 Å². The molecule has 0 bridgehead atoms. The van der Waals surface area contributed by atoms with Crippen LogP contribution in [0.25, 0.3) is 0 Å². The van der Waals surface area contributed by atoms with Gasteiger partial charge in [0, 0.05) is 16.9 Å². The Hall–Kier alpha value is -2.02. The first-order valence-corrected chi connectivity index (χ1v) is 8.79. The maximum absolute atomic E-state index is 13.2. The number of nitrogens with zero attached hydrogens (tertiary/aromatic N) is 2. The largest absolute Gasteiger partial charge is 0.477 e. The monoisotopic (exact) mass is 387 g/mol. The third-order valence-electron chi connectivity index (χ3n) is 3.73. The van der Waals surface area contributed by atoms with E-state index in [1.165, 1.54) is 0 Å². The van der Waals surface area contributed by atoms with Crippen molar-refractivity contribution in [3.8, 4) is 5.88 Å². The van der Waals surface area contributed by atoms with E-state index in [4.69, 9.17) is 16.3 Å². The van der Waals surface area contributed by atoms with Crippen LogP contribution in [-0.2, 0) is 6.18 Å². The van der Waals surface area contributed by atoms with Crippen molar-refractivity contribution in [2.24, 2.45) is 0 Å². The molecule has 0 aliphatic carbocycles. The van der Waals surface area contributed by atoms with Crippen LogP contribution in [0.3, 0.4) is 0 Å². The minimum absolute atomic E-state index is 0.0342. The number of aryl methyl sites for hydroxylation is 1. The molecule has 0 fully saturated rings. The van der Waals surface area contributed by atoms with Crippen LogP contribution in [0.1, 0.15) is 43.7 Å². The predicted octanol–water partition coefficient (Wildman–Crippen LogP) is 6.16. The molecule has 1 aromatic carbocycles. The van der Waals surface area contributed by atoms with Crippen LogP contribution in [0, 0.1) is 6.92 Å². The predicted molar refractivity (Wildman–Crippen MR) is 96.1 cm³/mol. The molecule has 26 heavy (non-hydrogen) atoms. The quantitative estimate of drug-likeness (QED) is 0.551. The zero-order valence-corrected chi connectivity index (χ0v) is 15.4. The second-order valence-corrected chi connectivity index (χ2v) is 6.34. The van der Waals surface area contributed by atoms with Crippen molar-refractivity contribution in [1.82, 2.24) is 9.97 Å². The number of benzene rings is 1. The number of halogens is 4. The summed E-state index contributed by atoms with van der Waals surface area (Å²) in [5.41, 5.74) is 0.498. The number of rotatable bonds is 8. The summed E-state index contributed by atoms with van der Waals surface area (Å²) < 4.78 is 44.8. The van der Waals surface area contributed by atoms with E-state index in [2.05, 4.69) is 22.2 Å². The Kier molecular flexibility index (Phi) is 7.08. The average molecular weight is 388 g/mol. The third kappa shape index (κ3) is 5.76. The minimum Gasteiger partial charge on any atom is -0.477 e. The highest BCUT2D eigenvalue weighted by Gasteiger charge is 2.36. The standard InChI is InChI=1S/C18H21ClF3N3O/c1-3-4-5-6-9-26-16-14(18(20,21)22)11-23-17(25-16)24-15-8-7-13(19)10-12(15)2/h7-8,10-11H,3-6,9H2,1-2H3,(H,23,24,25). The van der Waals surface area contributed by atoms with Crippen molar-refractivity contribution in [3.05, 3.63) is 40.5 Å². The SMILES string of the molecule is CCCCCCOc1nc(Nc2ccc(Cl)cc2C)ncc1C(F)(F)F. The summed E-state index contributed by atoms with van der Waals surface area (Å²) in [7, 11) is 0. The van der Waals surface area contributed by atoms with Crippen LogP contribution in [0.15, 0.2) is 24.4 Å². The molecular formula is C18H21ClF3N3O. The Morgan fingerprint density at radius 2 is 1.96 bits per heavy atom. The minimum atomic E-state index is -4.58. The van der Waals surface area contributed by atoms with E-state index in [-0.39, 0.29) is 12.6 Å². The van der Waals surface area contributed by atoms with Gasteiger partial charge in [0.2, 0.25) is 11.8 Å². The van der Waals surface area contributed by atoms with Crippen LogP contribution >= 0.6 is 11.6 Å². The zero-order valence-electron chi connectivity index (χ0n) is 14.7. The van der Waals surface area contributed by atoms with Crippen molar-refractivity contribution < 1.29 is 17.9 Å². The number of unbranched alkanes of at least 4 members (excludes halogenated alkanes) is 3. The van der Waals surface area contributed by atoms with Gasteiger partial charge < -0.3 is 10.1 Å². The number of anilines is 2. The molecule has 0 radical (unpaired) electrons. The van der Waals surface area contributed by atoms with E-state index < -0.39 is 17.6 Å². The fourth-order valence-electron chi connectivity index (χ4n) is 2.32. The second-order valence-electron chi connectivity index (χ2n) is 5.90. The van der Waals surface area contributed by atoms with Gasteiger partial charge in [0.1, 0.15) is 5.56 Å². The smallest absolute Gasteiger partial charge is 0.423 e. The Morgan fingerprint density at radius 1 is 1.19 bits per heavy atom. The molecule has 142 valence electrons. The summed E-state index contributed by atoms with van der Waals surface area (Å²) in [4.78, 5) is 7.69. The summed E-state index contributed by atoms with van der Waals surface area (Å²) in [6.07, 6.45) is -0.209. The van der Waals surface area contributed by atoms with Crippen LogP contribution in [-0.4, -0.2) is 16.6 Å². The number of alkyl halides is 3. The molecular weight excluding hydrogens is 367 g/mol. The van der Waals surface area contributed by atoms with E-state index >= 15 is 0 Å². The molecule has 4 nitrogen and oxygen atoms in total. The maximum atomic E-state index is 13.2. The Bertz CT molecular complexity index is 738. The number of aromatic nitrogens is 2. The van der Waals surface area contributed by atoms with Crippen molar-refractivity contribution in [2.75, 3.05) is 11.9 Å². The molecule has 1 N–H and O–H groups in total. The van der Waals surface area contributed by atoms with Crippen molar-refractivity contribution in [2.45, 2.75) is 45.7 Å². The van der Waals surface area contributed by atoms with Gasteiger partial charge in [-0.15, -0.1) is 0 Å². The van der Waals surface area contributed by atoms with Crippen LogP contribution in [0.4, 0.5) is 24.8 Å². The van der Waals surface area contributed by atoms with Gasteiger partial charge in [-0.1, -0.05) is 37.8 Å². The van der Waals surface area contributed by atoms with Crippen molar-refractivity contribution in [1.29, 1.82) is 0 Å². The molecule has 2 aromatic rings. The van der Waals surface area contributed by atoms with E-state index in [0.29, 0.717) is 17.1 Å². The molecule has 0 amide bonds. The topological polar surface area (TPSA) is 47.0 Å². The molecule has 0 saturated heterocycles. The number of hydrogen-bond donors (Lipinski definition) is 1. The molecule has 1 aromatic heterocycles. The van der Waals surface area contributed by atoms with E-state index in [1.807, 2.05) is 6.92 Å². The van der Waals surface area contributed by atoms with Gasteiger partial charge in [-0.05, 0) is 37.1 Å². The normalized spacial score (nSPS) is 11.5. The van der Waals surface area contributed by atoms with Gasteiger partial charge in [-0.25, -0.2) is 4.98 Å². The van der Waals surface area contributed by atoms with E-state index in [1.54, 1.807) is 18.2 Å². The zero-order chi connectivity index (χ0) is 19.2. The van der Waals surface area contributed by atoms with E-state index in [0.717, 1.165) is 31.0 Å². The first-order valence-electron chi connectivity index (χ1n) is 8.41. The number of hydrogen-bond acceptors (Lipinski definition) is 4. The molecule has 0 aliphatic rings. The summed E-state index contributed by atoms with van der Waals surface area (Å²) in [6, 6.07) is 5.12.